The van der Waals surface area contributed by atoms with Crippen LogP contribution in [0.4, 0.5) is 0 Å². The quantitative estimate of drug-likeness (QED) is 0.303. The minimum Gasteiger partial charge on any atom is -0.395 e. The van der Waals surface area contributed by atoms with Crippen LogP contribution in [0.2, 0.25) is 0 Å². The Balaban J connectivity index is 2.63. The summed E-state index contributed by atoms with van der Waals surface area (Å²) in [6, 6.07) is -0.876. The van der Waals surface area contributed by atoms with Crippen LogP contribution in [0.5, 0.6) is 0 Å². The van der Waals surface area contributed by atoms with E-state index in [-0.39, 0.29) is 12.6 Å². The number of rotatable bonds is 1. The zero-order valence-electron chi connectivity index (χ0n) is 6.88. The molecule has 0 radical (unpaired) electrons. The number of aliphatic hydroxyl groups excluding tert-OH is 4. The molecule has 1 saturated heterocycles. The van der Waals surface area contributed by atoms with Crippen molar-refractivity contribution in [2.24, 2.45) is 0 Å². The number of aliphatic hydroxyl groups is 4. The summed E-state index contributed by atoms with van der Waals surface area (Å²) in [6.07, 6.45) is -3.28. The molecule has 5 atom stereocenters. The second kappa shape index (κ2) is 3.68. The maximum absolute atomic E-state index is 9.29. The van der Waals surface area contributed by atoms with E-state index < -0.39 is 24.4 Å². The van der Waals surface area contributed by atoms with E-state index in [1.54, 1.807) is 6.92 Å². The smallest absolute Gasteiger partial charge is 0.109 e. The van der Waals surface area contributed by atoms with Gasteiger partial charge in [0.05, 0.1) is 24.9 Å². The highest BCUT2D eigenvalue weighted by atomic mass is 16.4. The van der Waals surface area contributed by atoms with Crippen LogP contribution in [0, 0.1) is 0 Å². The summed E-state index contributed by atoms with van der Waals surface area (Å²) >= 11 is 0. The number of hydrogen-bond acceptors (Lipinski definition) is 5. The molecule has 0 aromatic heterocycles. The molecule has 0 saturated carbocycles. The van der Waals surface area contributed by atoms with Crippen molar-refractivity contribution in [3.8, 4) is 0 Å². The molecule has 5 N–H and O–H groups in total. The fourth-order valence-corrected chi connectivity index (χ4v) is 1.43. The molecule has 0 spiro atoms. The molecule has 5 heteroatoms. The van der Waals surface area contributed by atoms with Crippen molar-refractivity contribution in [1.29, 1.82) is 0 Å². The van der Waals surface area contributed by atoms with Crippen LogP contribution < -0.4 is 5.32 Å². The molecule has 1 aliphatic rings. The largest absolute Gasteiger partial charge is 0.395 e. The van der Waals surface area contributed by atoms with Gasteiger partial charge in [-0.2, -0.15) is 0 Å². The normalized spacial score (nSPS) is 49.2. The van der Waals surface area contributed by atoms with Gasteiger partial charge in [0.2, 0.25) is 0 Å². The first-order chi connectivity index (χ1) is 5.57. The van der Waals surface area contributed by atoms with Crippen molar-refractivity contribution in [3.63, 3.8) is 0 Å². The van der Waals surface area contributed by atoms with E-state index in [1.807, 2.05) is 0 Å². The Kier molecular flexibility index (Phi) is 3.03. The van der Waals surface area contributed by atoms with Gasteiger partial charge in [-0.1, -0.05) is 0 Å². The van der Waals surface area contributed by atoms with Gasteiger partial charge in [-0.15, -0.1) is 0 Å². The maximum Gasteiger partial charge on any atom is 0.109 e. The number of piperidine rings is 1. The van der Waals surface area contributed by atoms with Crippen molar-refractivity contribution in [2.75, 3.05) is 6.61 Å². The first kappa shape index (κ1) is 9.88. The lowest BCUT2D eigenvalue weighted by molar-refractivity contribution is -0.116. The molecular formula is C7H15NO4. The lowest BCUT2D eigenvalue weighted by atomic mass is 9.91. The van der Waals surface area contributed by atoms with Gasteiger partial charge in [0.1, 0.15) is 6.10 Å². The Hall–Kier alpha value is -0.200. The van der Waals surface area contributed by atoms with Gasteiger partial charge in [0, 0.05) is 6.04 Å². The van der Waals surface area contributed by atoms with Gasteiger partial charge in [-0.25, -0.2) is 0 Å². The molecule has 5 nitrogen and oxygen atoms in total. The lowest BCUT2D eigenvalue weighted by Crippen LogP contribution is -2.64. The van der Waals surface area contributed by atoms with E-state index in [0.29, 0.717) is 0 Å². The van der Waals surface area contributed by atoms with E-state index in [1.165, 1.54) is 0 Å². The van der Waals surface area contributed by atoms with Crippen molar-refractivity contribution in [2.45, 2.75) is 37.3 Å². The van der Waals surface area contributed by atoms with E-state index in [0.717, 1.165) is 0 Å². The molecule has 0 bridgehead atoms. The van der Waals surface area contributed by atoms with Crippen LogP contribution >= 0.6 is 0 Å². The summed E-state index contributed by atoms with van der Waals surface area (Å²) in [5.74, 6) is 0. The SMILES string of the molecule is C[C@H]1NC(CO)[C@@H](O)[C@@H](O)C1O. The van der Waals surface area contributed by atoms with Crippen LogP contribution in [0.15, 0.2) is 0 Å². The Labute approximate surface area is 70.6 Å². The van der Waals surface area contributed by atoms with Gasteiger partial charge in [-0.3, -0.25) is 0 Å². The predicted molar refractivity (Wildman–Crippen MR) is 41.5 cm³/mol. The van der Waals surface area contributed by atoms with Crippen LogP contribution in [-0.2, 0) is 0 Å². The van der Waals surface area contributed by atoms with Gasteiger partial charge >= 0.3 is 0 Å². The van der Waals surface area contributed by atoms with Crippen LogP contribution in [-0.4, -0.2) is 57.4 Å². The highest BCUT2D eigenvalue weighted by molar-refractivity contribution is 4.96. The van der Waals surface area contributed by atoms with Crippen molar-refractivity contribution >= 4 is 0 Å². The summed E-state index contributed by atoms with van der Waals surface area (Å²) in [7, 11) is 0. The summed E-state index contributed by atoms with van der Waals surface area (Å²) in [5.41, 5.74) is 0. The summed E-state index contributed by atoms with van der Waals surface area (Å²) in [4.78, 5) is 0. The third-order valence-electron chi connectivity index (χ3n) is 2.30. The molecule has 12 heavy (non-hydrogen) atoms. The Morgan fingerprint density at radius 3 is 2.17 bits per heavy atom. The zero-order valence-corrected chi connectivity index (χ0v) is 6.88. The molecule has 0 aromatic rings. The second-order valence-corrected chi connectivity index (χ2v) is 3.22. The fourth-order valence-electron chi connectivity index (χ4n) is 1.43. The second-order valence-electron chi connectivity index (χ2n) is 3.22. The average molecular weight is 177 g/mol. The predicted octanol–water partition coefficient (Wildman–Crippen LogP) is -2.58. The zero-order chi connectivity index (χ0) is 9.30. The van der Waals surface area contributed by atoms with Crippen LogP contribution in [0.1, 0.15) is 6.92 Å². The topological polar surface area (TPSA) is 93.0 Å². The minimum absolute atomic E-state index is 0.255. The molecule has 0 aliphatic carbocycles. The standard InChI is InChI=1S/C7H15NO4/c1-3-5(10)7(12)6(11)4(2-9)8-3/h3-12H,2H2,1H3/t3-,4?,5?,6-,7+/m1/s1. The van der Waals surface area contributed by atoms with Crippen molar-refractivity contribution in [3.05, 3.63) is 0 Å². The maximum atomic E-state index is 9.29. The molecule has 0 amide bonds. The number of nitrogens with one attached hydrogen (secondary N) is 1. The van der Waals surface area contributed by atoms with E-state index >= 15 is 0 Å². The van der Waals surface area contributed by atoms with Gasteiger partial charge in [-0.05, 0) is 6.92 Å². The molecule has 72 valence electrons. The minimum atomic E-state index is -1.18. The molecule has 1 fully saturated rings. The monoisotopic (exact) mass is 177 g/mol. The average Bonchev–Trinajstić information content (AvgIpc) is 2.08. The van der Waals surface area contributed by atoms with Gasteiger partial charge < -0.3 is 25.7 Å². The summed E-state index contributed by atoms with van der Waals surface area (Å²) in [6.45, 7) is 1.43. The van der Waals surface area contributed by atoms with Gasteiger partial charge in [0.25, 0.3) is 0 Å². The molecular weight excluding hydrogens is 162 g/mol. The Bertz CT molecular complexity index is 150. The summed E-state index contributed by atoms with van der Waals surface area (Å²) in [5, 5.41) is 39.4. The summed E-state index contributed by atoms with van der Waals surface area (Å²) < 4.78 is 0. The first-order valence-electron chi connectivity index (χ1n) is 3.99. The van der Waals surface area contributed by atoms with E-state index in [2.05, 4.69) is 5.32 Å². The molecule has 1 heterocycles. The van der Waals surface area contributed by atoms with E-state index in [9.17, 15) is 15.3 Å². The molecule has 2 unspecified atom stereocenters. The first-order valence-corrected chi connectivity index (χ1v) is 3.99. The Morgan fingerprint density at radius 2 is 1.67 bits per heavy atom. The highest BCUT2D eigenvalue weighted by Crippen LogP contribution is 2.14. The van der Waals surface area contributed by atoms with Crippen molar-refractivity contribution in [1.82, 2.24) is 5.32 Å². The van der Waals surface area contributed by atoms with Crippen molar-refractivity contribution < 1.29 is 20.4 Å². The fraction of sp³-hybridized carbons (Fsp3) is 1.00. The highest BCUT2D eigenvalue weighted by Gasteiger charge is 2.39. The van der Waals surface area contributed by atoms with E-state index in [4.69, 9.17) is 5.11 Å². The van der Waals surface area contributed by atoms with Gasteiger partial charge in [0.15, 0.2) is 0 Å². The third kappa shape index (κ3) is 1.60. The third-order valence-corrected chi connectivity index (χ3v) is 2.30. The number of hydrogen-bond donors (Lipinski definition) is 5. The van der Waals surface area contributed by atoms with Crippen LogP contribution in [0.3, 0.4) is 0 Å². The molecule has 0 aromatic carbocycles. The lowest BCUT2D eigenvalue weighted by Gasteiger charge is -2.39. The van der Waals surface area contributed by atoms with Crippen LogP contribution in [0.25, 0.3) is 0 Å². The Morgan fingerprint density at radius 1 is 1.08 bits per heavy atom. The molecule has 1 rings (SSSR count). The molecule has 1 aliphatic heterocycles.